The Morgan fingerprint density at radius 2 is 1.86 bits per heavy atom. The Hall–Kier alpha value is -1.61. The molecule has 0 saturated heterocycles. The predicted molar refractivity (Wildman–Crippen MR) is 60.8 cm³/mol. The normalized spacial score (nSPS) is 11.9. The molecule has 0 aliphatic rings. The van der Waals surface area contributed by atoms with Crippen LogP contribution in [0.5, 0.6) is 0 Å². The molecule has 2 aromatic rings. The van der Waals surface area contributed by atoms with Crippen molar-refractivity contribution >= 4 is 24.9 Å². The van der Waals surface area contributed by atoms with E-state index in [1.165, 1.54) is 0 Å². The molecule has 1 heterocycles. The maximum atomic E-state index is 4.97. The van der Waals surface area contributed by atoms with Crippen LogP contribution in [0.25, 0.3) is 12.7 Å². The Labute approximate surface area is 86.6 Å². The number of H-pyrrole nitrogens is 2. The monoisotopic (exact) mass is 202 g/mol. The van der Waals surface area contributed by atoms with Crippen LogP contribution in [0.2, 0.25) is 0 Å². The Bertz CT molecular complexity index is 578. The average molecular weight is 202 g/mol. The number of benzene rings is 1. The molecule has 0 saturated carbocycles. The molecule has 0 atom stereocenters. The van der Waals surface area contributed by atoms with Gasteiger partial charge in [-0.15, -0.1) is 0 Å². The molecule has 0 bridgehead atoms. The molecule has 0 amide bonds. The Morgan fingerprint density at radius 1 is 1.14 bits per heavy atom. The van der Waals surface area contributed by atoms with Gasteiger partial charge in [0.25, 0.3) is 0 Å². The first-order chi connectivity index (χ1) is 6.75. The van der Waals surface area contributed by atoms with Gasteiger partial charge in [-0.2, -0.15) is 0 Å². The lowest BCUT2D eigenvalue weighted by Gasteiger charge is -1.88. The van der Waals surface area contributed by atoms with Crippen molar-refractivity contribution in [3.8, 4) is 0 Å². The molecule has 2 rings (SSSR count). The van der Waals surface area contributed by atoms with E-state index >= 15 is 0 Å². The second kappa shape index (κ2) is 3.64. The molecule has 3 heteroatoms. The Balaban J connectivity index is 2.61. The topological polar surface area (TPSA) is 31.6 Å². The molecule has 0 radical (unpaired) electrons. The molecule has 2 nitrogen and oxygen atoms in total. The molecule has 70 valence electrons. The van der Waals surface area contributed by atoms with E-state index in [0.717, 1.165) is 16.3 Å². The minimum Gasteiger partial charge on any atom is -0.331 e. The summed E-state index contributed by atoms with van der Waals surface area (Å²) in [6.07, 6.45) is 2.01. The minimum absolute atomic E-state index is 0.609. The van der Waals surface area contributed by atoms with E-state index in [9.17, 15) is 0 Å². The third-order valence-electron chi connectivity index (χ3n) is 1.95. The van der Waals surface area contributed by atoms with Crippen LogP contribution in [0.15, 0.2) is 30.3 Å². The van der Waals surface area contributed by atoms with Crippen molar-refractivity contribution in [2.24, 2.45) is 0 Å². The van der Waals surface area contributed by atoms with Gasteiger partial charge < -0.3 is 9.97 Å². The second-order valence-corrected chi connectivity index (χ2v) is 3.43. The summed E-state index contributed by atoms with van der Waals surface area (Å²) in [5, 5.41) is 1.75. The summed E-state index contributed by atoms with van der Waals surface area (Å²) >= 11 is 4.97. The highest BCUT2D eigenvalue weighted by Gasteiger charge is 1.87. The number of aromatic nitrogens is 2. The lowest BCUT2D eigenvalue weighted by Crippen LogP contribution is -2.22. The number of hydrogen-bond donors (Lipinski definition) is 2. The van der Waals surface area contributed by atoms with Gasteiger partial charge in [0.15, 0.2) is 4.77 Å². The van der Waals surface area contributed by atoms with Crippen LogP contribution in [0.4, 0.5) is 0 Å². The van der Waals surface area contributed by atoms with E-state index in [4.69, 9.17) is 12.2 Å². The van der Waals surface area contributed by atoms with Gasteiger partial charge in [0.1, 0.15) is 0 Å². The van der Waals surface area contributed by atoms with Crippen LogP contribution in [-0.2, 0) is 0 Å². The first-order valence-electron chi connectivity index (χ1n) is 4.30. The summed E-state index contributed by atoms with van der Waals surface area (Å²) in [7, 11) is 0. The summed E-state index contributed by atoms with van der Waals surface area (Å²) < 4.78 is 0.609. The Morgan fingerprint density at radius 3 is 2.43 bits per heavy atom. The van der Waals surface area contributed by atoms with Crippen molar-refractivity contribution in [3.63, 3.8) is 0 Å². The van der Waals surface area contributed by atoms with E-state index < -0.39 is 0 Å². The van der Waals surface area contributed by atoms with E-state index in [1.807, 2.05) is 36.4 Å². The fourth-order valence-corrected chi connectivity index (χ4v) is 1.51. The molecule has 0 fully saturated rings. The quantitative estimate of drug-likeness (QED) is 0.671. The zero-order chi connectivity index (χ0) is 9.97. The summed E-state index contributed by atoms with van der Waals surface area (Å²) in [6.45, 7) is 3.85. The second-order valence-electron chi connectivity index (χ2n) is 3.03. The van der Waals surface area contributed by atoms with Gasteiger partial charge in [0.05, 0.1) is 10.7 Å². The lowest BCUT2D eigenvalue weighted by atomic mass is 10.2. The third-order valence-corrected chi connectivity index (χ3v) is 2.15. The van der Waals surface area contributed by atoms with Crippen LogP contribution in [0, 0.1) is 4.77 Å². The number of aromatic amines is 2. The van der Waals surface area contributed by atoms with Gasteiger partial charge in [-0.05, 0) is 23.9 Å². The Kier molecular flexibility index (Phi) is 2.33. The van der Waals surface area contributed by atoms with Crippen molar-refractivity contribution in [2.45, 2.75) is 0 Å². The summed E-state index contributed by atoms with van der Waals surface area (Å²) in [5.41, 5.74) is 1.13. The van der Waals surface area contributed by atoms with Crippen LogP contribution in [-0.4, -0.2) is 9.97 Å². The lowest BCUT2D eigenvalue weighted by molar-refractivity contribution is 1.24. The SMILES string of the molecule is C=c1[nH]c(=S)[nH]/c1=C\c1ccccc1. The van der Waals surface area contributed by atoms with Crippen LogP contribution in [0.3, 0.4) is 0 Å². The number of rotatable bonds is 1. The van der Waals surface area contributed by atoms with Gasteiger partial charge in [0.2, 0.25) is 0 Å². The fraction of sp³-hybridized carbons (Fsp3) is 0. The third kappa shape index (κ3) is 1.83. The van der Waals surface area contributed by atoms with Gasteiger partial charge in [-0.3, -0.25) is 0 Å². The molecule has 14 heavy (non-hydrogen) atoms. The summed E-state index contributed by atoms with van der Waals surface area (Å²) in [5.74, 6) is 0. The van der Waals surface area contributed by atoms with E-state index in [0.29, 0.717) is 4.77 Å². The number of imidazole rings is 1. The van der Waals surface area contributed by atoms with Gasteiger partial charge in [-0.25, -0.2) is 0 Å². The molecule has 1 aromatic carbocycles. The zero-order valence-corrected chi connectivity index (χ0v) is 8.40. The predicted octanol–water partition coefficient (Wildman–Crippen LogP) is 1.31. The zero-order valence-electron chi connectivity index (χ0n) is 7.58. The molecule has 0 aliphatic heterocycles. The maximum Gasteiger partial charge on any atom is 0.175 e. The largest absolute Gasteiger partial charge is 0.331 e. The molecule has 0 aliphatic carbocycles. The first-order valence-corrected chi connectivity index (χ1v) is 4.70. The molecule has 0 unspecified atom stereocenters. The summed E-state index contributed by atoms with van der Waals surface area (Å²) in [6, 6.07) is 10.0. The van der Waals surface area contributed by atoms with Gasteiger partial charge in [-0.1, -0.05) is 36.9 Å². The first kappa shape index (κ1) is 8.97. The smallest absolute Gasteiger partial charge is 0.175 e. The molecule has 1 aromatic heterocycles. The van der Waals surface area contributed by atoms with Crippen LogP contribution >= 0.6 is 12.2 Å². The molecule has 2 N–H and O–H groups in total. The van der Waals surface area contributed by atoms with E-state index in [1.54, 1.807) is 0 Å². The maximum absolute atomic E-state index is 4.97. The average Bonchev–Trinajstić information content (AvgIpc) is 2.47. The van der Waals surface area contributed by atoms with Crippen LogP contribution < -0.4 is 10.7 Å². The van der Waals surface area contributed by atoms with E-state index in [-0.39, 0.29) is 0 Å². The highest BCUT2D eigenvalue weighted by Crippen LogP contribution is 1.97. The highest BCUT2D eigenvalue weighted by molar-refractivity contribution is 7.71. The molecule has 0 spiro atoms. The standard InChI is InChI=1S/C11H10N2S/c1-8-10(13-11(14)12-8)7-9-5-3-2-4-6-9/h2-7H,1H2,(H2,12,13,14)/b10-7-. The van der Waals surface area contributed by atoms with Crippen molar-refractivity contribution in [2.75, 3.05) is 0 Å². The van der Waals surface area contributed by atoms with Gasteiger partial charge >= 0.3 is 0 Å². The number of hydrogen-bond acceptors (Lipinski definition) is 1. The van der Waals surface area contributed by atoms with Crippen molar-refractivity contribution in [1.29, 1.82) is 0 Å². The fourth-order valence-electron chi connectivity index (χ4n) is 1.27. The van der Waals surface area contributed by atoms with Crippen molar-refractivity contribution < 1.29 is 0 Å². The van der Waals surface area contributed by atoms with Crippen molar-refractivity contribution in [3.05, 3.63) is 51.4 Å². The number of nitrogens with one attached hydrogen (secondary N) is 2. The van der Waals surface area contributed by atoms with E-state index in [2.05, 4.69) is 16.5 Å². The molecular formula is C11H10N2S. The van der Waals surface area contributed by atoms with Crippen LogP contribution in [0.1, 0.15) is 5.56 Å². The molecular weight excluding hydrogens is 192 g/mol. The highest BCUT2D eigenvalue weighted by atomic mass is 32.1. The summed E-state index contributed by atoms with van der Waals surface area (Å²) in [4.78, 5) is 5.98. The van der Waals surface area contributed by atoms with Crippen molar-refractivity contribution in [1.82, 2.24) is 9.97 Å². The van der Waals surface area contributed by atoms with Gasteiger partial charge in [0, 0.05) is 0 Å². The minimum atomic E-state index is 0.609.